The molecule has 142 valence electrons. The molecule has 27 heavy (non-hydrogen) atoms. The van der Waals surface area contributed by atoms with E-state index in [-0.39, 0.29) is 33.5 Å². The number of halogens is 2. The van der Waals surface area contributed by atoms with E-state index >= 15 is 0 Å². The van der Waals surface area contributed by atoms with Gasteiger partial charge in [-0.25, -0.2) is 9.97 Å². The number of hydrogen-bond acceptors (Lipinski definition) is 7. The van der Waals surface area contributed by atoms with E-state index in [1.165, 1.54) is 25.6 Å². The fraction of sp³-hybridized carbons (Fsp3) is 0.250. The van der Waals surface area contributed by atoms with E-state index in [1.807, 2.05) is 0 Å². The molecule has 0 aliphatic rings. The van der Waals surface area contributed by atoms with Gasteiger partial charge in [0.15, 0.2) is 17.8 Å². The Morgan fingerprint density at radius 2 is 2.33 bits per heavy atom. The average Bonchev–Trinajstić information content (AvgIpc) is 3.36. The van der Waals surface area contributed by atoms with Gasteiger partial charge in [-0.2, -0.15) is 8.98 Å². The summed E-state index contributed by atoms with van der Waals surface area (Å²) in [5.41, 5.74) is 0.367. The highest BCUT2D eigenvalue weighted by molar-refractivity contribution is 7.94. The quantitative estimate of drug-likeness (QED) is 0.567. The van der Waals surface area contributed by atoms with Gasteiger partial charge in [0.25, 0.3) is 5.91 Å². The molecule has 2 heterocycles. The lowest BCUT2D eigenvalue weighted by Gasteiger charge is -2.09. The third-order valence-electron chi connectivity index (χ3n) is 3.68. The zero-order valence-electron chi connectivity index (χ0n) is 14.2. The molecular formula is C16H15ClFN5O3S. The normalized spacial score (nSPS) is 10.8. The van der Waals surface area contributed by atoms with Crippen molar-refractivity contribution in [2.45, 2.75) is 17.9 Å². The molecule has 8 nitrogen and oxygen atoms in total. The predicted molar refractivity (Wildman–Crippen MR) is 97.4 cm³/mol. The van der Waals surface area contributed by atoms with Gasteiger partial charge in [-0.05, 0) is 18.6 Å². The van der Waals surface area contributed by atoms with E-state index in [4.69, 9.17) is 20.8 Å². The molecule has 2 aromatic heterocycles. The van der Waals surface area contributed by atoms with Crippen molar-refractivity contribution in [2.24, 2.45) is 0 Å². The van der Waals surface area contributed by atoms with Crippen LogP contribution in [0.1, 0.15) is 16.9 Å². The highest BCUT2D eigenvalue weighted by Gasteiger charge is 2.22. The fourth-order valence-electron chi connectivity index (χ4n) is 2.41. The Morgan fingerprint density at radius 3 is 3.04 bits per heavy atom. The van der Waals surface area contributed by atoms with Gasteiger partial charge in [-0.15, -0.1) is 0 Å². The second kappa shape index (κ2) is 8.87. The average molecular weight is 412 g/mol. The van der Waals surface area contributed by atoms with Crippen LogP contribution in [0.4, 0.5) is 3.89 Å². The number of oxazole rings is 1. The number of nitrogens with zero attached hydrogens (tertiary/aromatic N) is 4. The molecule has 0 aliphatic heterocycles. The Kier molecular flexibility index (Phi) is 6.30. The summed E-state index contributed by atoms with van der Waals surface area (Å²) in [7, 11) is 1.43. The van der Waals surface area contributed by atoms with Crippen LogP contribution in [0.25, 0.3) is 11.3 Å². The monoisotopic (exact) mass is 411 g/mol. The number of amides is 1. The van der Waals surface area contributed by atoms with Crippen LogP contribution in [0.3, 0.4) is 0 Å². The van der Waals surface area contributed by atoms with E-state index in [0.717, 1.165) is 6.39 Å². The van der Waals surface area contributed by atoms with Crippen molar-refractivity contribution in [3.63, 3.8) is 0 Å². The first-order valence-electron chi connectivity index (χ1n) is 7.84. The SMILES string of the molecule is COc1cc(SF)c(-c2ocnc2C(=O)NCCCn2cncn2)cc1Cl. The minimum atomic E-state index is -0.431. The van der Waals surface area contributed by atoms with E-state index in [0.29, 0.717) is 30.8 Å². The molecule has 1 amide bonds. The highest BCUT2D eigenvalue weighted by Crippen LogP contribution is 2.40. The molecule has 0 aliphatic carbocycles. The van der Waals surface area contributed by atoms with Gasteiger partial charge < -0.3 is 14.5 Å². The number of rotatable bonds is 8. The van der Waals surface area contributed by atoms with Crippen LogP contribution in [0.5, 0.6) is 5.75 Å². The molecule has 1 aromatic carbocycles. The van der Waals surface area contributed by atoms with Gasteiger partial charge in [-0.1, -0.05) is 11.6 Å². The number of ether oxygens (including phenoxy) is 1. The lowest BCUT2D eigenvalue weighted by molar-refractivity contribution is 0.0948. The van der Waals surface area contributed by atoms with Crippen molar-refractivity contribution in [3.8, 4) is 17.1 Å². The fourth-order valence-corrected chi connectivity index (χ4v) is 3.03. The van der Waals surface area contributed by atoms with E-state index < -0.39 is 5.91 Å². The van der Waals surface area contributed by atoms with Crippen LogP contribution in [0, 0.1) is 0 Å². The summed E-state index contributed by atoms with van der Waals surface area (Å²) in [6.07, 6.45) is 4.83. The molecule has 11 heteroatoms. The second-order valence-electron chi connectivity index (χ2n) is 5.36. The van der Waals surface area contributed by atoms with Gasteiger partial charge in [0, 0.05) is 18.7 Å². The lowest BCUT2D eigenvalue weighted by Crippen LogP contribution is -2.26. The van der Waals surface area contributed by atoms with Gasteiger partial charge in [0.2, 0.25) is 0 Å². The molecule has 0 bridgehead atoms. The van der Waals surface area contributed by atoms with Crippen molar-refractivity contribution in [2.75, 3.05) is 13.7 Å². The van der Waals surface area contributed by atoms with Crippen molar-refractivity contribution < 1.29 is 17.8 Å². The Morgan fingerprint density at radius 1 is 1.48 bits per heavy atom. The number of carbonyl (C=O) groups is 1. The number of methoxy groups -OCH3 is 1. The molecule has 1 N–H and O–H groups in total. The Labute approximate surface area is 163 Å². The maximum Gasteiger partial charge on any atom is 0.273 e. The molecule has 0 unspecified atom stereocenters. The van der Waals surface area contributed by atoms with E-state index in [2.05, 4.69) is 20.4 Å². The first-order chi connectivity index (χ1) is 13.1. The summed E-state index contributed by atoms with van der Waals surface area (Å²) in [4.78, 5) is 20.4. The Hall–Kier alpha value is -2.59. The van der Waals surface area contributed by atoms with Gasteiger partial charge >= 0.3 is 0 Å². The van der Waals surface area contributed by atoms with Crippen LogP contribution in [-0.4, -0.2) is 39.3 Å². The maximum atomic E-state index is 13.4. The van der Waals surface area contributed by atoms with Crippen molar-refractivity contribution >= 4 is 29.7 Å². The highest BCUT2D eigenvalue weighted by atomic mass is 35.5. The topological polar surface area (TPSA) is 95.1 Å². The third kappa shape index (κ3) is 4.40. The summed E-state index contributed by atoms with van der Waals surface area (Å²) < 4.78 is 25.5. The molecule has 3 aromatic rings. The standard InChI is InChI=1S/C16H15ClFN5O3S/c1-25-12-6-13(27-18)10(5-11(12)17)15-14(21-9-26-15)16(24)20-3-2-4-23-8-19-7-22-23/h5-9H,2-4H2,1H3,(H,20,24). The summed E-state index contributed by atoms with van der Waals surface area (Å²) in [5.74, 6) is 0.0202. The molecular weight excluding hydrogens is 397 g/mol. The largest absolute Gasteiger partial charge is 0.495 e. The number of hydrogen-bond donors (Lipinski definition) is 1. The minimum absolute atomic E-state index is 0.00148. The second-order valence-corrected chi connectivity index (χ2v) is 6.36. The number of aromatic nitrogens is 4. The molecule has 0 fully saturated rings. The first-order valence-corrected chi connectivity index (χ1v) is 8.94. The molecule has 0 spiro atoms. The zero-order valence-corrected chi connectivity index (χ0v) is 15.8. The van der Waals surface area contributed by atoms with Crippen LogP contribution >= 0.6 is 23.7 Å². The van der Waals surface area contributed by atoms with Crippen molar-refractivity contribution in [1.82, 2.24) is 25.1 Å². The van der Waals surface area contributed by atoms with Crippen LogP contribution in [-0.2, 0) is 6.54 Å². The smallest absolute Gasteiger partial charge is 0.273 e. The molecule has 0 saturated carbocycles. The third-order valence-corrected chi connectivity index (χ3v) is 4.48. The van der Waals surface area contributed by atoms with Gasteiger partial charge in [0.05, 0.1) is 29.2 Å². The zero-order chi connectivity index (χ0) is 19.2. The number of benzene rings is 1. The molecule has 0 atom stereocenters. The Balaban J connectivity index is 1.73. The molecule has 0 saturated heterocycles. The Bertz CT molecular complexity index is 919. The van der Waals surface area contributed by atoms with Crippen LogP contribution in [0.2, 0.25) is 5.02 Å². The summed E-state index contributed by atoms with van der Waals surface area (Å²) in [5, 5.41) is 7.00. The summed E-state index contributed by atoms with van der Waals surface area (Å²) in [6.45, 7) is 1.02. The van der Waals surface area contributed by atoms with Crippen molar-refractivity contribution in [1.29, 1.82) is 0 Å². The predicted octanol–water partition coefficient (Wildman–Crippen LogP) is 3.39. The number of aryl methyl sites for hydroxylation is 1. The first kappa shape index (κ1) is 19.2. The summed E-state index contributed by atoms with van der Waals surface area (Å²) >= 11 is 6.12. The minimum Gasteiger partial charge on any atom is -0.495 e. The number of nitrogens with one attached hydrogen (secondary N) is 1. The number of carbonyl (C=O) groups excluding carboxylic acids is 1. The van der Waals surface area contributed by atoms with Gasteiger partial charge in [-0.3, -0.25) is 9.48 Å². The van der Waals surface area contributed by atoms with Crippen LogP contribution in [0.15, 0.2) is 40.5 Å². The van der Waals surface area contributed by atoms with Gasteiger partial charge in [0.1, 0.15) is 18.4 Å². The maximum absolute atomic E-state index is 13.4. The molecule has 3 rings (SSSR count). The van der Waals surface area contributed by atoms with Crippen LogP contribution < -0.4 is 10.1 Å². The lowest BCUT2D eigenvalue weighted by atomic mass is 10.1. The van der Waals surface area contributed by atoms with Crippen molar-refractivity contribution in [3.05, 3.63) is 41.9 Å². The summed E-state index contributed by atoms with van der Waals surface area (Å²) in [6, 6.07) is 2.91. The van der Waals surface area contributed by atoms with E-state index in [9.17, 15) is 8.68 Å². The van der Waals surface area contributed by atoms with E-state index in [1.54, 1.807) is 11.0 Å². The molecule has 0 radical (unpaired) electrons.